The van der Waals surface area contributed by atoms with E-state index in [1.165, 1.54) is 38.8 Å². The van der Waals surface area contributed by atoms with Crippen LogP contribution in [-0.4, -0.2) is 44.6 Å². The molecular formula is C12H27NO4S. The lowest BCUT2D eigenvalue weighted by molar-refractivity contribution is 0.201. The molecule has 0 spiro atoms. The molecule has 110 valence electrons. The predicted octanol–water partition coefficient (Wildman–Crippen LogP) is 2.34. The summed E-state index contributed by atoms with van der Waals surface area (Å²) in [6.45, 7) is 6.73. The summed E-state index contributed by atoms with van der Waals surface area (Å²) >= 11 is 0. The van der Waals surface area contributed by atoms with E-state index in [9.17, 15) is 8.42 Å². The standard InChI is InChI=1S/C9H19N.C3H8O4S/c1-3-5-9-6-4-7-10(2)8-9;1-2-3-7-8(4,5)6/h9H,3-8H2,1-2H3;2-3H2,1H3,(H,4,5,6). The zero-order valence-corrected chi connectivity index (χ0v) is 12.6. The van der Waals surface area contributed by atoms with Crippen molar-refractivity contribution < 1.29 is 17.2 Å². The van der Waals surface area contributed by atoms with Crippen molar-refractivity contribution >= 4 is 10.4 Å². The summed E-state index contributed by atoms with van der Waals surface area (Å²) in [6.07, 6.45) is 6.25. The molecule has 1 unspecified atom stereocenters. The molecule has 0 radical (unpaired) electrons. The van der Waals surface area contributed by atoms with Gasteiger partial charge in [0.2, 0.25) is 0 Å². The van der Waals surface area contributed by atoms with Crippen molar-refractivity contribution in [3.05, 3.63) is 0 Å². The quantitative estimate of drug-likeness (QED) is 0.783. The highest BCUT2D eigenvalue weighted by Crippen LogP contribution is 2.19. The van der Waals surface area contributed by atoms with E-state index in [1.807, 2.05) is 0 Å². The number of hydrogen-bond donors (Lipinski definition) is 1. The van der Waals surface area contributed by atoms with E-state index in [0.29, 0.717) is 6.42 Å². The van der Waals surface area contributed by atoms with Crippen LogP contribution < -0.4 is 0 Å². The number of likely N-dealkylation sites (tertiary alicyclic amines) is 1. The van der Waals surface area contributed by atoms with Gasteiger partial charge in [0, 0.05) is 6.54 Å². The Hall–Kier alpha value is -0.170. The number of nitrogens with zero attached hydrogens (tertiary/aromatic N) is 1. The minimum Gasteiger partial charge on any atom is -0.306 e. The van der Waals surface area contributed by atoms with Gasteiger partial charge in [0.15, 0.2) is 0 Å². The van der Waals surface area contributed by atoms with E-state index >= 15 is 0 Å². The average molecular weight is 281 g/mol. The summed E-state index contributed by atoms with van der Waals surface area (Å²) in [7, 11) is -1.95. The zero-order valence-electron chi connectivity index (χ0n) is 11.8. The van der Waals surface area contributed by atoms with Crippen molar-refractivity contribution in [2.75, 3.05) is 26.7 Å². The normalized spacial score (nSPS) is 21.2. The Bertz CT molecular complexity index is 290. The Balaban J connectivity index is 0.000000331. The van der Waals surface area contributed by atoms with Gasteiger partial charge in [0.05, 0.1) is 6.61 Å². The van der Waals surface area contributed by atoms with Crippen LogP contribution >= 0.6 is 0 Å². The Morgan fingerprint density at radius 1 is 1.33 bits per heavy atom. The van der Waals surface area contributed by atoms with Crippen LogP contribution in [0.1, 0.15) is 46.0 Å². The molecule has 6 heteroatoms. The molecule has 1 rings (SSSR count). The van der Waals surface area contributed by atoms with Crippen molar-refractivity contribution in [1.82, 2.24) is 4.90 Å². The van der Waals surface area contributed by atoms with Gasteiger partial charge in [-0.25, -0.2) is 4.18 Å². The SMILES string of the molecule is CCCC1CCCN(C)C1.CCCOS(=O)(=O)O. The van der Waals surface area contributed by atoms with Crippen LogP contribution in [0.2, 0.25) is 0 Å². The van der Waals surface area contributed by atoms with E-state index in [-0.39, 0.29) is 6.61 Å². The summed E-state index contributed by atoms with van der Waals surface area (Å²) in [4.78, 5) is 2.46. The Labute approximate surface area is 111 Å². The molecule has 5 nitrogen and oxygen atoms in total. The Kier molecular flexibility index (Phi) is 9.63. The van der Waals surface area contributed by atoms with Crippen LogP contribution in [0.3, 0.4) is 0 Å². The molecular weight excluding hydrogens is 254 g/mol. The minimum atomic E-state index is -4.19. The van der Waals surface area contributed by atoms with Crippen molar-refractivity contribution in [2.45, 2.75) is 46.0 Å². The van der Waals surface area contributed by atoms with E-state index in [2.05, 4.69) is 23.1 Å². The number of rotatable bonds is 5. The molecule has 1 aliphatic rings. The molecule has 0 aromatic heterocycles. The van der Waals surface area contributed by atoms with Gasteiger partial charge in [-0.1, -0.05) is 20.3 Å². The fourth-order valence-corrected chi connectivity index (χ4v) is 2.48. The van der Waals surface area contributed by atoms with Crippen molar-refractivity contribution in [1.29, 1.82) is 0 Å². The van der Waals surface area contributed by atoms with Crippen molar-refractivity contribution in [3.8, 4) is 0 Å². The first-order valence-electron chi connectivity index (χ1n) is 6.69. The second-order valence-electron chi connectivity index (χ2n) is 4.81. The van der Waals surface area contributed by atoms with E-state index in [4.69, 9.17) is 4.55 Å². The van der Waals surface area contributed by atoms with Gasteiger partial charge in [0.25, 0.3) is 0 Å². The molecule has 0 bridgehead atoms. The highest BCUT2D eigenvalue weighted by Gasteiger charge is 2.15. The minimum absolute atomic E-state index is 0.0405. The molecule has 0 aromatic rings. The summed E-state index contributed by atoms with van der Waals surface area (Å²) in [5.41, 5.74) is 0. The van der Waals surface area contributed by atoms with Crippen molar-refractivity contribution in [3.63, 3.8) is 0 Å². The van der Waals surface area contributed by atoms with Crippen molar-refractivity contribution in [2.24, 2.45) is 5.92 Å². The molecule has 0 amide bonds. The topological polar surface area (TPSA) is 66.8 Å². The Morgan fingerprint density at radius 2 is 2.00 bits per heavy atom. The molecule has 0 saturated carbocycles. The first kappa shape index (κ1) is 17.8. The predicted molar refractivity (Wildman–Crippen MR) is 72.9 cm³/mol. The maximum Gasteiger partial charge on any atom is 0.397 e. The van der Waals surface area contributed by atoms with E-state index in [1.54, 1.807) is 6.92 Å². The molecule has 0 aromatic carbocycles. The third-order valence-electron chi connectivity index (χ3n) is 2.86. The second kappa shape index (κ2) is 9.72. The zero-order chi connectivity index (χ0) is 14.0. The van der Waals surface area contributed by atoms with Gasteiger partial charge in [-0.2, -0.15) is 8.42 Å². The van der Waals surface area contributed by atoms with Gasteiger partial charge < -0.3 is 4.90 Å². The lowest BCUT2D eigenvalue weighted by Crippen LogP contribution is -2.31. The second-order valence-corrected chi connectivity index (χ2v) is 5.90. The smallest absolute Gasteiger partial charge is 0.306 e. The van der Waals surface area contributed by atoms with Gasteiger partial charge >= 0.3 is 10.4 Å². The Morgan fingerprint density at radius 3 is 2.39 bits per heavy atom. The van der Waals surface area contributed by atoms with Crippen LogP contribution in [0.4, 0.5) is 0 Å². The van der Waals surface area contributed by atoms with Gasteiger partial charge in [-0.05, 0) is 45.2 Å². The molecule has 18 heavy (non-hydrogen) atoms. The highest BCUT2D eigenvalue weighted by molar-refractivity contribution is 7.80. The number of piperidine rings is 1. The fraction of sp³-hybridized carbons (Fsp3) is 1.00. The lowest BCUT2D eigenvalue weighted by atomic mass is 9.94. The van der Waals surface area contributed by atoms with Crippen LogP contribution in [0.25, 0.3) is 0 Å². The molecule has 1 N–H and O–H groups in total. The average Bonchev–Trinajstić information content (AvgIpc) is 2.27. The van der Waals surface area contributed by atoms with Gasteiger partial charge in [-0.3, -0.25) is 4.55 Å². The van der Waals surface area contributed by atoms with Crippen LogP contribution in [0, 0.1) is 5.92 Å². The molecule has 1 atom stereocenters. The van der Waals surface area contributed by atoms with Crippen LogP contribution in [0.15, 0.2) is 0 Å². The van der Waals surface area contributed by atoms with E-state index in [0.717, 1.165) is 5.92 Å². The van der Waals surface area contributed by atoms with E-state index < -0.39 is 10.4 Å². The molecule has 1 aliphatic heterocycles. The van der Waals surface area contributed by atoms with Crippen LogP contribution in [0.5, 0.6) is 0 Å². The summed E-state index contributed by atoms with van der Waals surface area (Å²) in [6, 6.07) is 0. The number of hydrogen-bond acceptors (Lipinski definition) is 4. The first-order valence-corrected chi connectivity index (χ1v) is 8.06. The third kappa shape index (κ3) is 11.0. The molecule has 1 saturated heterocycles. The van der Waals surface area contributed by atoms with Crippen LogP contribution in [-0.2, 0) is 14.6 Å². The molecule has 0 aliphatic carbocycles. The first-order chi connectivity index (χ1) is 8.39. The highest BCUT2D eigenvalue weighted by atomic mass is 32.3. The largest absolute Gasteiger partial charge is 0.397 e. The fourth-order valence-electron chi connectivity index (χ4n) is 2.11. The third-order valence-corrected chi connectivity index (χ3v) is 3.32. The molecule has 1 heterocycles. The summed E-state index contributed by atoms with van der Waals surface area (Å²) in [5.74, 6) is 1.00. The monoisotopic (exact) mass is 281 g/mol. The summed E-state index contributed by atoms with van der Waals surface area (Å²) < 4.78 is 31.3. The van der Waals surface area contributed by atoms with Gasteiger partial charge in [-0.15, -0.1) is 0 Å². The van der Waals surface area contributed by atoms with Gasteiger partial charge in [0.1, 0.15) is 0 Å². The lowest BCUT2D eigenvalue weighted by Gasteiger charge is -2.29. The summed E-state index contributed by atoms with van der Waals surface area (Å²) in [5, 5.41) is 0. The molecule has 1 fully saturated rings. The maximum atomic E-state index is 9.72. The maximum absolute atomic E-state index is 9.72.